The monoisotopic (exact) mass is 375 g/mol. The van der Waals surface area contributed by atoms with Gasteiger partial charge in [-0.3, -0.25) is 0 Å². The Kier molecular flexibility index (Phi) is 4.91. The van der Waals surface area contributed by atoms with Crippen molar-refractivity contribution in [3.05, 3.63) is 70.2 Å². The number of hydrogen-bond donors (Lipinski definition) is 3. The Morgan fingerprint density at radius 1 is 0.909 bits per heavy atom. The van der Waals surface area contributed by atoms with Crippen molar-refractivity contribution in [3.63, 3.8) is 0 Å². The summed E-state index contributed by atoms with van der Waals surface area (Å²) in [6, 6.07) is 10.7. The quantitative estimate of drug-likeness (QED) is 0.717. The van der Waals surface area contributed by atoms with Crippen molar-refractivity contribution in [1.29, 1.82) is 0 Å². The van der Waals surface area contributed by atoms with Gasteiger partial charge in [0.1, 0.15) is 6.04 Å². The van der Waals surface area contributed by atoms with E-state index in [1.54, 1.807) is 12.1 Å². The number of benzene rings is 2. The first-order chi connectivity index (χ1) is 10.2. The Bertz CT molecular complexity index is 632. The topological polar surface area (TPSA) is 52.5 Å². The summed E-state index contributed by atoms with van der Waals surface area (Å²) in [5, 5.41) is 22.0. The van der Waals surface area contributed by atoms with Gasteiger partial charge < -0.3 is 10.2 Å². The van der Waals surface area contributed by atoms with Crippen molar-refractivity contribution in [2.45, 2.75) is 18.1 Å². The average molecular weight is 376 g/mol. The van der Waals surface area contributed by atoms with E-state index in [1.807, 2.05) is 5.32 Å². The highest BCUT2D eigenvalue weighted by molar-refractivity contribution is 9.10. The molecular formula is C15H13BrF3NO2. The summed E-state index contributed by atoms with van der Waals surface area (Å²) in [6.45, 7) is 0. The highest BCUT2D eigenvalue weighted by Gasteiger charge is 2.45. The van der Waals surface area contributed by atoms with E-state index >= 15 is 0 Å². The van der Waals surface area contributed by atoms with Crippen molar-refractivity contribution in [2.75, 3.05) is 0 Å². The first-order valence-corrected chi connectivity index (χ1v) is 7.10. The fourth-order valence-electron chi connectivity index (χ4n) is 2.02. The van der Waals surface area contributed by atoms with Crippen molar-refractivity contribution in [2.24, 2.45) is 0 Å². The Labute approximate surface area is 133 Å². The number of hydrogen-bond acceptors (Lipinski definition) is 3. The van der Waals surface area contributed by atoms with Gasteiger partial charge in [0, 0.05) is 10.0 Å². The van der Waals surface area contributed by atoms with Crippen molar-refractivity contribution in [3.8, 4) is 0 Å². The van der Waals surface area contributed by atoms with Crippen LogP contribution >= 0.6 is 15.9 Å². The van der Waals surface area contributed by atoms with Gasteiger partial charge in [-0.1, -0.05) is 64.5 Å². The van der Waals surface area contributed by atoms with Gasteiger partial charge in [-0.2, -0.15) is 13.2 Å². The van der Waals surface area contributed by atoms with Crippen molar-refractivity contribution in [1.82, 2.24) is 5.32 Å². The SMILES string of the molecule is OC(O)(N[C@@H](c1ccccc1)C(F)(F)F)c1ccccc1Br. The van der Waals surface area contributed by atoms with Gasteiger partial charge in [0.2, 0.25) is 0 Å². The molecule has 2 aromatic carbocycles. The molecule has 0 saturated carbocycles. The van der Waals surface area contributed by atoms with Crippen LogP contribution in [-0.4, -0.2) is 16.4 Å². The molecule has 0 unspecified atom stereocenters. The van der Waals surface area contributed by atoms with Gasteiger partial charge in [-0.05, 0) is 11.6 Å². The molecule has 0 heterocycles. The minimum atomic E-state index is -4.70. The molecule has 2 rings (SSSR count). The van der Waals surface area contributed by atoms with E-state index in [2.05, 4.69) is 15.9 Å². The highest BCUT2D eigenvalue weighted by Crippen LogP contribution is 2.36. The lowest BCUT2D eigenvalue weighted by molar-refractivity contribution is -0.239. The maximum atomic E-state index is 13.3. The molecular weight excluding hydrogens is 363 g/mol. The molecule has 0 radical (unpaired) electrons. The Balaban J connectivity index is 2.37. The summed E-state index contributed by atoms with van der Waals surface area (Å²) >= 11 is 3.09. The van der Waals surface area contributed by atoms with Crippen LogP contribution in [0.25, 0.3) is 0 Å². The summed E-state index contributed by atoms with van der Waals surface area (Å²) in [6.07, 6.45) is -4.70. The third kappa shape index (κ3) is 3.86. The van der Waals surface area contributed by atoms with E-state index in [-0.39, 0.29) is 15.6 Å². The molecule has 0 aromatic heterocycles. The maximum absolute atomic E-state index is 13.3. The second kappa shape index (κ2) is 6.37. The fourth-order valence-corrected chi connectivity index (χ4v) is 2.58. The van der Waals surface area contributed by atoms with E-state index in [0.717, 1.165) is 0 Å². The van der Waals surface area contributed by atoms with Crippen LogP contribution in [0.5, 0.6) is 0 Å². The third-order valence-electron chi connectivity index (χ3n) is 3.06. The van der Waals surface area contributed by atoms with E-state index < -0.39 is 18.1 Å². The number of alkyl halides is 3. The molecule has 0 aliphatic heterocycles. The molecule has 0 amide bonds. The summed E-state index contributed by atoms with van der Waals surface area (Å²) in [5.41, 5.74) is -0.227. The van der Waals surface area contributed by atoms with Crippen molar-refractivity contribution >= 4 is 15.9 Å². The number of rotatable bonds is 4. The zero-order chi connectivity index (χ0) is 16.4. The molecule has 1 atom stereocenters. The summed E-state index contributed by atoms with van der Waals surface area (Å²) in [5.74, 6) is -2.85. The van der Waals surface area contributed by atoms with E-state index in [4.69, 9.17) is 0 Å². The minimum Gasteiger partial charge on any atom is -0.350 e. The number of aliphatic hydroxyl groups is 2. The molecule has 0 saturated heterocycles. The summed E-state index contributed by atoms with van der Waals surface area (Å²) in [7, 11) is 0. The minimum absolute atomic E-state index is 0.111. The molecule has 0 fully saturated rings. The zero-order valence-electron chi connectivity index (χ0n) is 11.2. The predicted molar refractivity (Wildman–Crippen MR) is 78.6 cm³/mol. The van der Waals surface area contributed by atoms with E-state index in [1.165, 1.54) is 42.5 Å². The van der Waals surface area contributed by atoms with Gasteiger partial charge in [-0.15, -0.1) is 0 Å². The second-order valence-electron chi connectivity index (χ2n) is 4.68. The number of halogens is 4. The molecule has 0 aliphatic rings. The molecule has 2 aromatic rings. The van der Waals surface area contributed by atoms with Gasteiger partial charge in [0.25, 0.3) is 5.91 Å². The molecule has 118 valence electrons. The van der Waals surface area contributed by atoms with Gasteiger partial charge in [0.05, 0.1) is 0 Å². The van der Waals surface area contributed by atoms with Crippen LogP contribution in [0.2, 0.25) is 0 Å². The molecule has 0 bridgehead atoms. The second-order valence-corrected chi connectivity index (χ2v) is 5.54. The zero-order valence-corrected chi connectivity index (χ0v) is 12.8. The standard InChI is InChI=1S/C15H13BrF3NO2/c16-12-9-5-4-8-11(12)15(21,22)20-13(14(17,18)19)10-6-2-1-3-7-10/h1-9,13,20-22H/t13-/m0/s1. The normalized spacial score (nSPS) is 13.9. The van der Waals surface area contributed by atoms with Gasteiger partial charge in [-0.25, -0.2) is 5.32 Å². The molecule has 0 aliphatic carbocycles. The Morgan fingerprint density at radius 2 is 1.45 bits per heavy atom. The number of nitrogens with one attached hydrogen (secondary N) is 1. The molecule has 0 spiro atoms. The summed E-state index contributed by atoms with van der Waals surface area (Å²) < 4.78 is 40.0. The molecule has 3 nitrogen and oxygen atoms in total. The van der Waals surface area contributed by atoms with Crippen LogP contribution in [0, 0.1) is 0 Å². The van der Waals surface area contributed by atoms with Crippen LogP contribution in [0.15, 0.2) is 59.1 Å². The lowest BCUT2D eigenvalue weighted by atomic mass is 10.0. The maximum Gasteiger partial charge on any atom is 0.408 e. The third-order valence-corrected chi connectivity index (χ3v) is 3.75. The fraction of sp³-hybridized carbons (Fsp3) is 0.200. The largest absolute Gasteiger partial charge is 0.408 e. The Morgan fingerprint density at radius 3 is 2.00 bits per heavy atom. The lowest BCUT2D eigenvalue weighted by Crippen LogP contribution is -2.48. The van der Waals surface area contributed by atoms with E-state index in [9.17, 15) is 23.4 Å². The van der Waals surface area contributed by atoms with Crippen LogP contribution in [0.1, 0.15) is 17.2 Å². The van der Waals surface area contributed by atoms with E-state index in [0.29, 0.717) is 0 Å². The van der Waals surface area contributed by atoms with Gasteiger partial charge in [0.15, 0.2) is 0 Å². The van der Waals surface area contributed by atoms with Gasteiger partial charge >= 0.3 is 6.18 Å². The lowest BCUT2D eigenvalue weighted by Gasteiger charge is -2.31. The molecule has 3 N–H and O–H groups in total. The van der Waals surface area contributed by atoms with Crippen LogP contribution in [0.3, 0.4) is 0 Å². The molecule has 7 heteroatoms. The summed E-state index contributed by atoms with van der Waals surface area (Å²) in [4.78, 5) is 0. The van der Waals surface area contributed by atoms with Crippen LogP contribution in [-0.2, 0) is 5.91 Å². The smallest absolute Gasteiger partial charge is 0.350 e. The first kappa shape index (κ1) is 17.0. The average Bonchev–Trinajstić information content (AvgIpc) is 2.45. The van der Waals surface area contributed by atoms with Crippen molar-refractivity contribution < 1.29 is 23.4 Å². The van der Waals surface area contributed by atoms with Crippen LogP contribution < -0.4 is 5.32 Å². The first-order valence-electron chi connectivity index (χ1n) is 6.31. The molecule has 22 heavy (non-hydrogen) atoms. The highest BCUT2D eigenvalue weighted by atomic mass is 79.9. The predicted octanol–water partition coefficient (Wildman–Crippen LogP) is 3.44. The Hall–Kier alpha value is -1.41. The van der Waals surface area contributed by atoms with Crippen LogP contribution in [0.4, 0.5) is 13.2 Å².